The third-order valence-corrected chi connectivity index (χ3v) is 5.45. The molecular formula is C14H12Cl3NO2S. The van der Waals surface area contributed by atoms with Crippen molar-refractivity contribution in [2.75, 3.05) is 0 Å². The molecule has 0 aliphatic rings. The summed E-state index contributed by atoms with van der Waals surface area (Å²) in [5.74, 6) is 0. The van der Waals surface area contributed by atoms with E-state index in [4.69, 9.17) is 34.8 Å². The van der Waals surface area contributed by atoms with Crippen LogP contribution in [0, 0.1) is 6.92 Å². The Hall–Kier alpha value is -0.780. The molecule has 0 fully saturated rings. The Morgan fingerprint density at radius 1 is 0.952 bits per heavy atom. The van der Waals surface area contributed by atoms with E-state index < -0.39 is 10.0 Å². The van der Waals surface area contributed by atoms with Crippen molar-refractivity contribution in [3.8, 4) is 0 Å². The maximum absolute atomic E-state index is 12.2. The molecule has 112 valence electrons. The molecule has 0 aromatic heterocycles. The number of rotatable bonds is 4. The number of aryl methyl sites for hydroxylation is 1. The molecule has 0 aliphatic heterocycles. The lowest BCUT2D eigenvalue weighted by Crippen LogP contribution is -2.23. The van der Waals surface area contributed by atoms with Crippen LogP contribution >= 0.6 is 34.8 Å². The molecule has 3 nitrogen and oxygen atoms in total. The minimum absolute atomic E-state index is 0.116. The molecule has 1 N–H and O–H groups in total. The van der Waals surface area contributed by atoms with Gasteiger partial charge in [0, 0.05) is 11.6 Å². The first-order chi connectivity index (χ1) is 9.79. The molecule has 0 heterocycles. The summed E-state index contributed by atoms with van der Waals surface area (Å²) in [6.45, 7) is 1.92. The summed E-state index contributed by atoms with van der Waals surface area (Å²) in [6, 6.07) is 9.55. The molecule has 0 bridgehead atoms. The quantitative estimate of drug-likeness (QED) is 0.872. The van der Waals surface area contributed by atoms with Crippen LogP contribution in [0.4, 0.5) is 0 Å². The summed E-state index contributed by atoms with van der Waals surface area (Å²) in [4.78, 5) is 0.123. The normalized spacial score (nSPS) is 11.6. The van der Waals surface area contributed by atoms with Crippen molar-refractivity contribution < 1.29 is 8.42 Å². The standard InChI is InChI=1S/C14H12Cl3NO2S/c1-9-2-4-11(7-13(9)16)21(19,20)18-8-10-3-5-12(15)14(17)6-10/h2-7,18H,8H2,1H3. The van der Waals surface area contributed by atoms with Gasteiger partial charge in [-0.25, -0.2) is 13.1 Å². The summed E-state index contributed by atoms with van der Waals surface area (Å²) < 4.78 is 26.9. The van der Waals surface area contributed by atoms with E-state index in [1.54, 1.807) is 24.3 Å². The lowest BCUT2D eigenvalue weighted by Gasteiger charge is -2.09. The van der Waals surface area contributed by atoms with Gasteiger partial charge in [-0.05, 0) is 42.3 Å². The van der Waals surface area contributed by atoms with Gasteiger partial charge in [0.15, 0.2) is 0 Å². The highest BCUT2D eigenvalue weighted by atomic mass is 35.5. The minimum atomic E-state index is -3.63. The van der Waals surface area contributed by atoms with Crippen molar-refractivity contribution in [2.45, 2.75) is 18.4 Å². The third-order valence-electron chi connectivity index (χ3n) is 2.90. The Morgan fingerprint density at radius 3 is 2.29 bits per heavy atom. The fourth-order valence-corrected chi connectivity index (χ4v) is 3.26. The summed E-state index contributed by atoms with van der Waals surface area (Å²) in [7, 11) is -3.63. The molecule has 0 saturated carbocycles. The van der Waals surface area contributed by atoms with Crippen LogP contribution in [-0.2, 0) is 16.6 Å². The summed E-state index contributed by atoms with van der Waals surface area (Å²) in [5.41, 5.74) is 1.53. The van der Waals surface area contributed by atoms with Crippen LogP contribution in [0.5, 0.6) is 0 Å². The molecule has 0 unspecified atom stereocenters. The van der Waals surface area contributed by atoms with Crippen LogP contribution in [0.25, 0.3) is 0 Å². The first kappa shape index (κ1) is 16.6. The van der Waals surface area contributed by atoms with E-state index in [1.807, 2.05) is 6.92 Å². The first-order valence-corrected chi connectivity index (χ1v) is 8.61. The number of hydrogen-bond donors (Lipinski definition) is 1. The maximum Gasteiger partial charge on any atom is 0.240 e. The Balaban J connectivity index is 2.17. The van der Waals surface area contributed by atoms with Gasteiger partial charge >= 0.3 is 0 Å². The van der Waals surface area contributed by atoms with Gasteiger partial charge in [0.1, 0.15) is 0 Å². The number of nitrogens with one attached hydrogen (secondary N) is 1. The molecule has 7 heteroatoms. The van der Waals surface area contributed by atoms with E-state index in [9.17, 15) is 8.42 Å². The van der Waals surface area contributed by atoms with Crippen LogP contribution in [0.1, 0.15) is 11.1 Å². The van der Waals surface area contributed by atoms with Crippen LogP contribution < -0.4 is 4.72 Å². The zero-order valence-electron chi connectivity index (χ0n) is 11.0. The lowest BCUT2D eigenvalue weighted by molar-refractivity contribution is 0.581. The van der Waals surface area contributed by atoms with Gasteiger partial charge in [-0.15, -0.1) is 0 Å². The second-order valence-corrected chi connectivity index (χ2v) is 7.47. The predicted molar refractivity (Wildman–Crippen MR) is 86.7 cm³/mol. The number of hydrogen-bond acceptors (Lipinski definition) is 2. The predicted octanol–water partition coefficient (Wildman–Crippen LogP) is 4.43. The lowest BCUT2D eigenvalue weighted by atomic mass is 10.2. The van der Waals surface area contributed by atoms with Crippen LogP contribution in [0.3, 0.4) is 0 Å². The van der Waals surface area contributed by atoms with Gasteiger partial charge in [0.05, 0.1) is 14.9 Å². The van der Waals surface area contributed by atoms with Gasteiger partial charge < -0.3 is 0 Å². The Labute approximate surface area is 138 Å². The van der Waals surface area contributed by atoms with Crippen LogP contribution in [0.15, 0.2) is 41.3 Å². The van der Waals surface area contributed by atoms with Gasteiger partial charge in [-0.3, -0.25) is 0 Å². The highest BCUT2D eigenvalue weighted by Crippen LogP contribution is 2.23. The molecule has 2 rings (SSSR count). The minimum Gasteiger partial charge on any atom is -0.207 e. The molecule has 0 aliphatic carbocycles. The molecule has 0 amide bonds. The van der Waals surface area contributed by atoms with Crippen molar-refractivity contribution in [3.63, 3.8) is 0 Å². The van der Waals surface area contributed by atoms with E-state index in [2.05, 4.69) is 4.72 Å². The molecular weight excluding hydrogens is 353 g/mol. The molecule has 0 saturated heterocycles. The monoisotopic (exact) mass is 363 g/mol. The van der Waals surface area contributed by atoms with E-state index in [-0.39, 0.29) is 11.4 Å². The average Bonchev–Trinajstić information content (AvgIpc) is 2.43. The second-order valence-electron chi connectivity index (χ2n) is 4.48. The first-order valence-electron chi connectivity index (χ1n) is 5.99. The number of benzene rings is 2. The van der Waals surface area contributed by atoms with E-state index in [0.29, 0.717) is 20.6 Å². The van der Waals surface area contributed by atoms with Crippen molar-refractivity contribution >= 4 is 44.8 Å². The molecule has 21 heavy (non-hydrogen) atoms. The van der Waals surface area contributed by atoms with Gasteiger partial charge in [0.25, 0.3) is 0 Å². The van der Waals surface area contributed by atoms with Crippen molar-refractivity contribution in [2.24, 2.45) is 0 Å². The zero-order valence-corrected chi connectivity index (χ0v) is 14.1. The maximum atomic E-state index is 12.2. The summed E-state index contributed by atoms with van der Waals surface area (Å²) in [6.07, 6.45) is 0. The number of halogens is 3. The topological polar surface area (TPSA) is 46.2 Å². The Kier molecular flexibility index (Phi) is 5.17. The average molecular weight is 365 g/mol. The van der Waals surface area contributed by atoms with Crippen molar-refractivity contribution in [1.82, 2.24) is 4.72 Å². The fraction of sp³-hybridized carbons (Fsp3) is 0.143. The molecule has 0 atom stereocenters. The van der Waals surface area contributed by atoms with Crippen LogP contribution in [0.2, 0.25) is 15.1 Å². The highest BCUT2D eigenvalue weighted by Gasteiger charge is 2.15. The highest BCUT2D eigenvalue weighted by molar-refractivity contribution is 7.89. The van der Waals surface area contributed by atoms with Gasteiger partial charge in [-0.2, -0.15) is 0 Å². The van der Waals surface area contributed by atoms with E-state index >= 15 is 0 Å². The van der Waals surface area contributed by atoms with Gasteiger partial charge in [-0.1, -0.05) is 46.9 Å². The fourth-order valence-electron chi connectivity index (χ4n) is 1.65. The molecule has 0 radical (unpaired) electrons. The smallest absolute Gasteiger partial charge is 0.207 e. The molecule has 2 aromatic rings. The van der Waals surface area contributed by atoms with E-state index in [1.165, 1.54) is 12.1 Å². The third kappa shape index (κ3) is 4.11. The zero-order chi connectivity index (χ0) is 15.6. The molecule has 0 spiro atoms. The second kappa shape index (κ2) is 6.55. The van der Waals surface area contributed by atoms with Crippen molar-refractivity contribution in [1.29, 1.82) is 0 Å². The molecule has 2 aromatic carbocycles. The van der Waals surface area contributed by atoms with Crippen molar-refractivity contribution in [3.05, 3.63) is 62.6 Å². The van der Waals surface area contributed by atoms with Gasteiger partial charge in [0.2, 0.25) is 10.0 Å². The Morgan fingerprint density at radius 2 is 1.67 bits per heavy atom. The SMILES string of the molecule is Cc1ccc(S(=O)(=O)NCc2ccc(Cl)c(Cl)c2)cc1Cl. The van der Waals surface area contributed by atoms with Crippen LogP contribution in [-0.4, -0.2) is 8.42 Å². The Bertz CT molecular complexity index is 776. The largest absolute Gasteiger partial charge is 0.240 e. The van der Waals surface area contributed by atoms with E-state index in [0.717, 1.165) is 5.56 Å². The number of sulfonamides is 1. The summed E-state index contributed by atoms with van der Waals surface area (Å²) >= 11 is 17.7. The summed E-state index contributed by atoms with van der Waals surface area (Å²) in [5, 5.41) is 1.22.